The zero-order valence-corrected chi connectivity index (χ0v) is 10.5. The summed E-state index contributed by atoms with van der Waals surface area (Å²) in [6.45, 7) is 0.585. The molecule has 0 saturated heterocycles. The van der Waals surface area contributed by atoms with Gasteiger partial charge >= 0.3 is 0 Å². The van der Waals surface area contributed by atoms with E-state index in [-0.39, 0.29) is 5.91 Å². The number of rotatable bonds is 4. The van der Waals surface area contributed by atoms with Crippen LogP contribution in [0.1, 0.15) is 15.9 Å². The van der Waals surface area contributed by atoms with Crippen LogP contribution >= 0.6 is 11.6 Å². The van der Waals surface area contributed by atoms with E-state index in [0.717, 1.165) is 12.0 Å². The topological polar surface area (TPSA) is 42.0 Å². The highest BCUT2D eigenvalue weighted by Crippen LogP contribution is 2.10. The second kappa shape index (κ2) is 6.17. The molecule has 92 valence electrons. The maximum Gasteiger partial charge on any atom is 0.251 e. The number of pyridine rings is 1. The quantitative estimate of drug-likeness (QED) is 0.918. The molecule has 1 aromatic carbocycles. The lowest BCUT2D eigenvalue weighted by Crippen LogP contribution is -2.25. The Morgan fingerprint density at radius 3 is 2.72 bits per heavy atom. The number of carbonyl (C=O) groups excluding carboxylic acids is 1. The van der Waals surface area contributed by atoms with E-state index in [9.17, 15) is 4.79 Å². The van der Waals surface area contributed by atoms with Gasteiger partial charge in [0.2, 0.25) is 0 Å². The molecule has 0 atom stereocenters. The number of nitrogens with one attached hydrogen (secondary N) is 1. The Balaban J connectivity index is 1.84. The third-order valence-corrected chi connectivity index (χ3v) is 2.77. The molecule has 2 aromatic rings. The lowest BCUT2D eigenvalue weighted by Gasteiger charge is -2.05. The van der Waals surface area contributed by atoms with Gasteiger partial charge in [-0.2, -0.15) is 0 Å². The summed E-state index contributed by atoms with van der Waals surface area (Å²) in [4.78, 5) is 15.6. The number of nitrogens with zero attached hydrogens (tertiary/aromatic N) is 1. The number of amides is 1. The van der Waals surface area contributed by atoms with Crippen molar-refractivity contribution in [2.75, 3.05) is 6.54 Å². The van der Waals surface area contributed by atoms with E-state index in [1.807, 2.05) is 24.3 Å². The number of hydrogen-bond acceptors (Lipinski definition) is 2. The zero-order valence-electron chi connectivity index (χ0n) is 9.77. The normalized spacial score (nSPS) is 10.1. The van der Waals surface area contributed by atoms with Gasteiger partial charge in [-0.1, -0.05) is 23.7 Å². The first-order valence-electron chi connectivity index (χ1n) is 5.68. The van der Waals surface area contributed by atoms with Crippen LogP contribution in [0, 0.1) is 0 Å². The third kappa shape index (κ3) is 3.57. The Bertz CT molecular complexity index is 528. The lowest BCUT2D eigenvalue weighted by molar-refractivity contribution is 0.0954. The van der Waals surface area contributed by atoms with Crippen molar-refractivity contribution in [3.63, 3.8) is 0 Å². The fourth-order valence-electron chi connectivity index (χ4n) is 1.62. The molecule has 0 bridgehead atoms. The standard InChI is InChI=1S/C14H13ClN2O/c15-13-3-1-2-11(10-13)4-9-17-14(18)12-5-7-16-8-6-12/h1-3,5-8,10H,4,9H2,(H,17,18). The molecule has 1 heterocycles. The number of halogens is 1. The van der Waals surface area contributed by atoms with Gasteiger partial charge in [0.1, 0.15) is 0 Å². The Labute approximate surface area is 111 Å². The van der Waals surface area contributed by atoms with Gasteiger partial charge in [-0.15, -0.1) is 0 Å². The van der Waals surface area contributed by atoms with E-state index in [1.165, 1.54) is 0 Å². The molecule has 0 spiro atoms. The van der Waals surface area contributed by atoms with Crippen LogP contribution in [-0.2, 0) is 6.42 Å². The first-order valence-corrected chi connectivity index (χ1v) is 6.06. The molecule has 0 saturated carbocycles. The van der Waals surface area contributed by atoms with Crippen molar-refractivity contribution >= 4 is 17.5 Å². The summed E-state index contributed by atoms with van der Waals surface area (Å²) in [5.41, 5.74) is 1.73. The fourth-order valence-corrected chi connectivity index (χ4v) is 1.83. The zero-order chi connectivity index (χ0) is 12.8. The molecule has 0 fully saturated rings. The molecule has 0 aliphatic heterocycles. The molecule has 4 heteroatoms. The van der Waals surface area contributed by atoms with Crippen LogP contribution in [-0.4, -0.2) is 17.4 Å². The van der Waals surface area contributed by atoms with Crippen LogP contribution in [0.3, 0.4) is 0 Å². The van der Waals surface area contributed by atoms with Crippen molar-refractivity contribution in [3.05, 3.63) is 64.9 Å². The van der Waals surface area contributed by atoms with Gasteiger partial charge in [-0.3, -0.25) is 9.78 Å². The monoisotopic (exact) mass is 260 g/mol. The summed E-state index contributed by atoms with van der Waals surface area (Å²) in [6.07, 6.45) is 3.97. The molecule has 0 unspecified atom stereocenters. The Hall–Kier alpha value is -1.87. The van der Waals surface area contributed by atoms with Crippen molar-refractivity contribution in [2.24, 2.45) is 0 Å². The summed E-state index contributed by atoms with van der Waals surface area (Å²) in [5, 5.41) is 3.57. The maximum atomic E-state index is 11.7. The van der Waals surface area contributed by atoms with Gasteiger partial charge in [-0.05, 0) is 36.2 Å². The van der Waals surface area contributed by atoms with E-state index >= 15 is 0 Å². The van der Waals surface area contributed by atoms with Crippen LogP contribution in [0.2, 0.25) is 5.02 Å². The van der Waals surface area contributed by atoms with E-state index < -0.39 is 0 Å². The Kier molecular flexibility index (Phi) is 4.31. The number of benzene rings is 1. The average molecular weight is 261 g/mol. The minimum absolute atomic E-state index is 0.0839. The SMILES string of the molecule is O=C(NCCc1cccc(Cl)c1)c1ccncc1. The predicted octanol–water partition coefficient (Wildman–Crippen LogP) is 2.71. The number of hydrogen-bond donors (Lipinski definition) is 1. The molecule has 3 nitrogen and oxygen atoms in total. The fraction of sp³-hybridized carbons (Fsp3) is 0.143. The van der Waals surface area contributed by atoms with Crippen LogP contribution in [0.25, 0.3) is 0 Å². The molecule has 0 aliphatic rings. The van der Waals surface area contributed by atoms with Crippen LogP contribution in [0.15, 0.2) is 48.8 Å². The highest BCUT2D eigenvalue weighted by molar-refractivity contribution is 6.30. The highest BCUT2D eigenvalue weighted by Gasteiger charge is 2.03. The van der Waals surface area contributed by atoms with Gasteiger partial charge in [-0.25, -0.2) is 0 Å². The third-order valence-electron chi connectivity index (χ3n) is 2.53. The highest BCUT2D eigenvalue weighted by atomic mass is 35.5. The van der Waals surface area contributed by atoms with E-state index in [0.29, 0.717) is 17.1 Å². The number of aromatic nitrogens is 1. The predicted molar refractivity (Wildman–Crippen MR) is 71.7 cm³/mol. The largest absolute Gasteiger partial charge is 0.352 e. The smallest absolute Gasteiger partial charge is 0.251 e. The average Bonchev–Trinajstić information content (AvgIpc) is 2.40. The molecule has 1 N–H and O–H groups in total. The summed E-state index contributed by atoms with van der Waals surface area (Å²) in [5.74, 6) is -0.0839. The molecular weight excluding hydrogens is 248 g/mol. The minimum Gasteiger partial charge on any atom is -0.352 e. The molecule has 18 heavy (non-hydrogen) atoms. The molecule has 1 amide bonds. The van der Waals surface area contributed by atoms with Crippen LogP contribution in [0.5, 0.6) is 0 Å². The van der Waals surface area contributed by atoms with Gasteiger partial charge in [0.15, 0.2) is 0 Å². The first kappa shape index (κ1) is 12.6. The van der Waals surface area contributed by atoms with Gasteiger partial charge in [0, 0.05) is 29.5 Å². The number of carbonyl (C=O) groups is 1. The minimum atomic E-state index is -0.0839. The first-order chi connectivity index (χ1) is 8.75. The van der Waals surface area contributed by atoms with Crippen molar-refractivity contribution in [2.45, 2.75) is 6.42 Å². The van der Waals surface area contributed by atoms with Crippen molar-refractivity contribution in [1.29, 1.82) is 0 Å². The Morgan fingerprint density at radius 1 is 1.22 bits per heavy atom. The maximum absolute atomic E-state index is 11.7. The molecule has 1 aromatic heterocycles. The van der Waals surface area contributed by atoms with Crippen molar-refractivity contribution in [1.82, 2.24) is 10.3 Å². The van der Waals surface area contributed by atoms with Gasteiger partial charge in [0.05, 0.1) is 0 Å². The molecule has 2 rings (SSSR count). The van der Waals surface area contributed by atoms with Gasteiger partial charge in [0.25, 0.3) is 5.91 Å². The van der Waals surface area contributed by atoms with E-state index in [2.05, 4.69) is 10.3 Å². The summed E-state index contributed by atoms with van der Waals surface area (Å²) >= 11 is 5.89. The second-order valence-corrected chi connectivity index (χ2v) is 4.31. The second-order valence-electron chi connectivity index (χ2n) is 3.87. The summed E-state index contributed by atoms with van der Waals surface area (Å²) in [7, 11) is 0. The Morgan fingerprint density at radius 2 is 2.00 bits per heavy atom. The van der Waals surface area contributed by atoms with Gasteiger partial charge < -0.3 is 5.32 Å². The van der Waals surface area contributed by atoms with Crippen LogP contribution < -0.4 is 5.32 Å². The molecule has 0 aliphatic carbocycles. The van der Waals surface area contributed by atoms with Crippen molar-refractivity contribution < 1.29 is 4.79 Å². The summed E-state index contributed by atoms with van der Waals surface area (Å²) in [6, 6.07) is 11.0. The molecular formula is C14H13ClN2O. The van der Waals surface area contributed by atoms with Crippen molar-refractivity contribution in [3.8, 4) is 0 Å². The molecule has 0 radical (unpaired) electrons. The summed E-state index contributed by atoms with van der Waals surface area (Å²) < 4.78 is 0. The van der Waals surface area contributed by atoms with Crippen LogP contribution in [0.4, 0.5) is 0 Å². The van der Waals surface area contributed by atoms with E-state index in [1.54, 1.807) is 24.5 Å². The van der Waals surface area contributed by atoms with E-state index in [4.69, 9.17) is 11.6 Å². The lowest BCUT2D eigenvalue weighted by atomic mass is 10.1.